The van der Waals surface area contributed by atoms with Crippen LogP contribution in [0.3, 0.4) is 0 Å². The van der Waals surface area contributed by atoms with Crippen molar-refractivity contribution in [1.82, 2.24) is 5.32 Å². The molecular formula is C17H16F2N2O2. The summed E-state index contributed by atoms with van der Waals surface area (Å²) in [5.74, 6) is -1.60. The van der Waals surface area contributed by atoms with Crippen LogP contribution >= 0.6 is 0 Å². The summed E-state index contributed by atoms with van der Waals surface area (Å²) in [7, 11) is 0. The van der Waals surface area contributed by atoms with Crippen LogP contribution in [0, 0.1) is 11.6 Å². The van der Waals surface area contributed by atoms with Crippen molar-refractivity contribution in [3.63, 3.8) is 0 Å². The second-order valence-electron chi connectivity index (χ2n) is 5.19. The quantitative estimate of drug-likeness (QED) is 0.942. The summed E-state index contributed by atoms with van der Waals surface area (Å²) < 4.78 is 31.6. The number of hydrogen-bond acceptors (Lipinski definition) is 3. The van der Waals surface area contributed by atoms with Gasteiger partial charge in [0.15, 0.2) is 11.6 Å². The fourth-order valence-corrected chi connectivity index (χ4v) is 2.50. The van der Waals surface area contributed by atoms with Crippen molar-refractivity contribution in [2.75, 3.05) is 31.1 Å². The molecule has 2 aromatic carbocycles. The standard InChI is InChI=1S/C17H16F2N2O2/c18-13-6-5-12(11-14(13)19)17(22)20-7-8-21-9-10-23-16-4-2-1-3-15(16)21/h1-6,11H,7-10H2,(H,20,22). The highest BCUT2D eigenvalue weighted by molar-refractivity contribution is 5.94. The van der Waals surface area contributed by atoms with Gasteiger partial charge in [-0.2, -0.15) is 0 Å². The van der Waals surface area contributed by atoms with E-state index in [2.05, 4.69) is 10.2 Å². The average Bonchev–Trinajstić information content (AvgIpc) is 2.57. The highest BCUT2D eigenvalue weighted by atomic mass is 19.2. The fourth-order valence-electron chi connectivity index (χ4n) is 2.50. The molecule has 0 radical (unpaired) electrons. The lowest BCUT2D eigenvalue weighted by Gasteiger charge is -2.31. The van der Waals surface area contributed by atoms with Gasteiger partial charge in [-0.1, -0.05) is 12.1 Å². The molecule has 0 bridgehead atoms. The number of ether oxygens (including phenoxy) is 1. The van der Waals surface area contributed by atoms with Gasteiger partial charge in [-0.15, -0.1) is 0 Å². The predicted octanol–water partition coefficient (Wildman–Crippen LogP) is 2.59. The summed E-state index contributed by atoms with van der Waals surface area (Å²) >= 11 is 0. The first kappa shape index (κ1) is 15.3. The number of nitrogens with one attached hydrogen (secondary N) is 1. The molecule has 1 amide bonds. The van der Waals surface area contributed by atoms with E-state index < -0.39 is 17.5 Å². The molecule has 0 atom stereocenters. The van der Waals surface area contributed by atoms with Gasteiger partial charge in [-0.25, -0.2) is 8.78 Å². The zero-order chi connectivity index (χ0) is 16.2. The number of hydrogen-bond donors (Lipinski definition) is 1. The van der Waals surface area contributed by atoms with Gasteiger partial charge in [0.25, 0.3) is 5.91 Å². The molecule has 4 nitrogen and oxygen atoms in total. The van der Waals surface area contributed by atoms with Crippen molar-refractivity contribution in [2.45, 2.75) is 0 Å². The van der Waals surface area contributed by atoms with Gasteiger partial charge in [0.2, 0.25) is 0 Å². The van der Waals surface area contributed by atoms with E-state index in [1.165, 1.54) is 6.07 Å². The van der Waals surface area contributed by atoms with E-state index >= 15 is 0 Å². The number of carbonyl (C=O) groups is 1. The first-order valence-corrected chi connectivity index (χ1v) is 7.35. The summed E-state index contributed by atoms with van der Waals surface area (Å²) in [5, 5.41) is 2.71. The molecule has 0 unspecified atom stereocenters. The average molecular weight is 318 g/mol. The van der Waals surface area contributed by atoms with Crippen LogP contribution in [0.1, 0.15) is 10.4 Å². The Morgan fingerprint density at radius 1 is 1.17 bits per heavy atom. The van der Waals surface area contributed by atoms with Crippen LogP contribution < -0.4 is 15.0 Å². The molecule has 0 aliphatic carbocycles. The number of nitrogens with zero attached hydrogens (tertiary/aromatic N) is 1. The second-order valence-corrected chi connectivity index (χ2v) is 5.19. The SMILES string of the molecule is O=C(NCCN1CCOc2ccccc21)c1ccc(F)c(F)c1. The largest absolute Gasteiger partial charge is 0.490 e. The van der Waals surface area contributed by atoms with Crippen molar-refractivity contribution < 1.29 is 18.3 Å². The van der Waals surface area contributed by atoms with Gasteiger partial charge < -0.3 is 15.0 Å². The number of anilines is 1. The summed E-state index contributed by atoms with van der Waals surface area (Å²) in [6.45, 7) is 2.33. The van der Waals surface area contributed by atoms with Crippen molar-refractivity contribution in [3.8, 4) is 5.75 Å². The lowest BCUT2D eigenvalue weighted by Crippen LogP contribution is -2.39. The molecule has 0 saturated carbocycles. The van der Waals surface area contributed by atoms with E-state index in [-0.39, 0.29) is 5.56 Å². The Hall–Kier alpha value is -2.63. The number of para-hydroxylation sites is 2. The molecule has 2 aromatic rings. The molecule has 23 heavy (non-hydrogen) atoms. The third-order valence-corrected chi connectivity index (χ3v) is 3.67. The highest BCUT2D eigenvalue weighted by Gasteiger charge is 2.17. The minimum Gasteiger partial charge on any atom is -0.490 e. The van der Waals surface area contributed by atoms with Crippen molar-refractivity contribution >= 4 is 11.6 Å². The van der Waals surface area contributed by atoms with Crippen LogP contribution in [0.2, 0.25) is 0 Å². The minimum absolute atomic E-state index is 0.103. The van der Waals surface area contributed by atoms with Crippen molar-refractivity contribution in [3.05, 3.63) is 59.7 Å². The molecule has 3 rings (SSSR count). The smallest absolute Gasteiger partial charge is 0.251 e. The highest BCUT2D eigenvalue weighted by Crippen LogP contribution is 2.30. The van der Waals surface area contributed by atoms with E-state index in [1.54, 1.807) is 0 Å². The zero-order valence-corrected chi connectivity index (χ0v) is 12.4. The molecule has 120 valence electrons. The number of amides is 1. The fraction of sp³-hybridized carbons (Fsp3) is 0.235. The Labute approximate surface area is 132 Å². The molecule has 0 spiro atoms. The third-order valence-electron chi connectivity index (χ3n) is 3.67. The maximum atomic E-state index is 13.1. The molecule has 1 aliphatic heterocycles. The number of carbonyl (C=O) groups excluding carboxylic acids is 1. The first-order valence-electron chi connectivity index (χ1n) is 7.35. The Balaban J connectivity index is 1.57. The topological polar surface area (TPSA) is 41.6 Å². The van der Waals surface area contributed by atoms with Crippen LogP contribution in [0.25, 0.3) is 0 Å². The summed E-state index contributed by atoms with van der Waals surface area (Å²) in [6.07, 6.45) is 0. The van der Waals surface area contributed by atoms with Crippen LogP contribution in [0.5, 0.6) is 5.75 Å². The van der Waals surface area contributed by atoms with Crippen molar-refractivity contribution in [2.24, 2.45) is 0 Å². The van der Waals surface area contributed by atoms with Gasteiger partial charge in [-0.05, 0) is 30.3 Å². The predicted molar refractivity (Wildman–Crippen MR) is 82.8 cm³/mol. The molecule has 1 N–H and O–H groups in total. The maximum Gasteiger partial charge on any atom is 0.251 e. The monoisotopic (exact) mass is 318 g/mol. The summed E-state index contributed by atoms with van der Waals surface area (Å²) in [5.41, 5.74) is 1.09. The van der Waals surface area contributed by atoms with E-state index in [0.29, 0.717) is 19.7 Å². The Morgan fingerprint density at radius 2 is 2.00 bits per heavy atom. The number of halogens is 2. The zero-order valence-electron chi connectivity index (χ0n) is 12.4. The number of rotatable bonds is 4. The van der Waals surface area contributed by atoms with E-state index in [1.807, 2.05) is 24.3 Å². The molecule has 0 fully saturated rings. The molecule has 6 heteroatoms. The minimum atomic E-state index is -1.03. The van der Waals surface area contributed by atoms with Gasteiger partial charge in [0.1, 0.15) is 12.4 Å². The number of benzene rings is 2. The van der Waals surface area contributed by atoms with Crippen LogP contribution in [0.4, 0.5) is 14.5 Å². The Kier molecular flexibility index (Phi) is 4.41. The van der Waals surface area contributed by atoms with E-state index in [0.717, 1.165) is 30.1 Å². The molecule has 1 heterocycles. The summed E-state index contributed by atoms with van der Waals surface area (Å²) in [4.78, 5) is 14.1. The van der Waals surface area contributed by atoms with E-state index in [9.17, 15) is 13.6 Å². The maximum absolute atomic E-state index is 13.1. The molecule has 0 aromatic heterocycles. The summed E-state index contributed by atoms with van der Waals surface area (Å²) in [6, 6.07) is 10.8. The third kappa shape index (κ3) is 3.41. The number of fused-ring (bicyclic) bond motifs is 1. The lowest BCUT2D eigenvalue weighted by atomic mass is 10.2. The Bertz CT molecular complexity index is 721. The van der Waals surface area contributed by atoms with Crippen molar-refractivity contribution in [1.29, 1.82) is 0 Å². The first-order chi connectivity index (χ1) is 11.1. The van der Waals surface area contributed by atoms with E-state index in [4.69, 9.17) is 4.74 Å². The molecule has 0 saturated heterocycles. The van der Waals surface area contributed by atoms with Gasteiger partial charge in [0, 0.05) is 18.7 Å². The lowest BCUT2D eigenvalue weighted by molar-refractivity contribution is 0.0954. The van der Waals surface area contributed by atoms with Crippen LogP contribution in [-0.2, 0) is 0 Å². The van der Waals surface area contributed by atoms with Crippen LogP contribution in [0.15, 0.2) is 42.5 Å². The van der Waals surface area contributed by atoms with Gasteiger partial charge in [-0.3, -0.25) is 4.79 Å². The van der Waals surface area contributed by atoms with Gasteiger partial charge in [0.05, 0.1) is 12.2 Å². The molecular weight excluding hydrogens is 302 g/mol. The normalized spacial score (nSPS) is 13.2. The van der Waals surface area contributed by atoms with Crippen LogP contribution in [-0.4, -0.2) is 32.1 Å². The Morgan fingerprint density at radius 3 is 2.83 bits per heavy atom. The second kappa shape index (κ2) is 6.64. The van der Waals surface area contributed by atoms with Gasteiger partial charge >= 0.3 is 0 Å². The molecule has 1 aliphatic rings.